The lowest BCUT2D eigenvalue weighted by Crippen LogP contribution is -2.44. The van der Waals surface area contributed by atoms with E-state index in [1.54, 1.807) is 4.90 Å². The molecule has 1 heterocycles. The van der Waals surface area contributed by atoms with E-state index in [4.69, 9.17) is 9.84 Å². The van der Waals surface area contributed by atoms with Crippen molar-refractivity contribution in [3.8, 4) is 0 Å². The van der Waals surface area contributed by atoms with Gasteiger partial charge in [-0.2, -0.15) is 0 Å². The van der Waals surface area contributed by atoms with Crippen molar-refractivity contribution in [2.45, 2.75) is 25.9 Å². The molecule has 1 saturated heterocycles. The Kier molecular flexibility index (Phi) is 5.33. The molecule has 0 bridgehead atoms. The van der Waals surface area contributed by atoms with Crippen LogP contribution in [0.2, 0.25) is 0 Å². The van der Waals surface area contributed by atoms with Crippen molar-refractivity contribution in [3.63, 3.8) is 0 Å². The van der Waals surface area contributed by atoms with E-state index in [9.17, 15) is 9.59 Å². The average molecular weight is 291 g/mol. The number of ether oxygens (including phenoxy) is 1. The fourth-order valence-electron chi connectivity index (χ4n) is 2.65. The minimum absolute atomic E-state index is 0.144. The van der Waals surface area contributed by atoms with Crippen LogP contribution in [0.5, 0.6) is 0 Å². The zero-order valence-corrected chi connectivity index (χ0v) is 12.2. The zero-order valence-electron chi connectivity index (χ0n) is 12.2. The van der Waals surface area contributed by atoms with Crippen LogP contribution in [0.25, 0.3) is 0 Å². The van der Waals surface area contributed by atoms with Crippen LogP contribution in [-0.4, -0.2) is 41.6 Å². The number of likely N-dealkylation sites (tertiary alicyclic amines) is 1. The van der Waals surface area contributed by atoms with E-state index in [2.05, 4.69) is 0 Å². The second-order valence-electron chi connectivity index (χ2n) is 5.21. The van der Waals surface area contributed by atoms with Gasteiger partial charge in [-0.25, -0.2) is 0 Å². The molecule has 1 N–H and O–H groups in total. The number of benzene rings is 1. The second kappa shape index (κ2) is 7.22. The first-order valence-electron chi connectivity index (χ1n) is 7.31. The Bertz CT molecular complexity index is 488. The van der Waals surface area contributed by atoms with Crippen LogP contribution in [0.3, 0.4) is 0 Å². The van der Waals surface area contributed by atoms with E-state index in [0.29, 0.717) is 19.6 Å². The summed E-state index contributed by atoms with van der Waals surface area (Å²) in [4.78, 5) is 25.4. The number of hydrogen-bond acceptors (Lipinski definition) is 3. The normalized spacial score (nSPS) is 20.0. The minimum Gasteiger partial charge on any atom is -0.481 e. The van der Waals surface area contributed by atoms with Crippen molar-refractivity contribution < 1.29 is 19.4 Å². The molecular weight excluding hydrogens is 270 g/mol. The third-order valence-corrected chi connectivity index (χ3v) is 3.74. The molecule has 2 rings (SSSR count). The van der Waals surface area contributed by atoms with Crippen molar-refractivity contribution in [2.75, 3.05) is 19.7 Å². The van der Waals surface area contributed by atoms with Crippen LogP contribution in [-0.2, 0) is 14.3 Å². The molecule has 21 heavy (non-hydrogen) atoms. The van der Waals surface area contributed by atoms with Crippen molar-refractivity contribution in [1.82, 2.24) is 4.90 Å². The van der Waals surface area contributed by atoms with Gasteiger partial charge in [-0.1, -0.05) is 30.3 Å². The van der Waals surface area contributed by atoms with Crippen LogP contribution in [0, 0.1) is 5.92 Å². The Morgan fingerprint density at radius 1 is 1.38 bits per heavy atom. The van der Waals surface area contributed by atoms with E-state index in [1.807, 2.05) is 37.3 Å². The Balaban J connectivity index is 2.13. The molecule has 1 aromatic carbocycles. The molecule has 1 fully saturated rings. The topological polar surface area (TPSA) is 66.8 Å². The summed E-state index contributed by atoms with van der Waals surface area (Å²) in [7, 11) is 0. The first-order valence-corrected chi connectivity index (χ1v) is 7.31. The standard InChI is InChI=1S/C16H21NO4/c1-2-21-14(12-7-4-3-5-8-12)15(18)17-10-6-9-13(11-17)16(19)20/h3-5,7-8,13-14H,2,6,9-11H2,1H3,(H,19,20). The molecule has 0 aromatic heterocycles. The number of rotatable bonds is 5. The van der Waals surface area contributed by atoms with Crippen LogP contribution in [0.1, 0.15) is 31.4 Å². The number of nitrogens with zero attached hydrogens (tertiary/aromatic N) is 1. The van der Waals surface area contributed by atoms with E-state index in [0.717, 1.165) is 12.0 Å². The van der Waals surface area contributed by atoms with Gasteiger partial charge in [0.15, 0.2) is 6.10 Å². The van der Waals surface area contributed by atoms with Crippen molar-refractivity contribution >= 4 is 11.9 Å². The lowest BCUT2D eigenvalue weighted by atomic mass is 9.97. The Labute approximate surface area is 124 Å². The van der Waals surface area contributed by atoms with Crippen molar-refractivity contribution in [1.29, 1.82) is 0 Å². The summed E-state index contributed by atoms with van der Waals surface area (Å²) in [5.41, 5.74) is 0.807. The lowest BCUT2D eigenvalue weighted by molar-refractivity contribution is -0.150. The molecule has 1 aliphatic heterocycles. The average Bonchev–Trinajstić information content (AvgIpc) is 2.53. The maximum absolute atomic E-state index is 12.7. The molecule has 5 nitrogen and oxygen atoms in total. The third-order valence-electron chi connectivity index (χ3n) is 3.74. The van der Waals surface area contributed by atoms with Gasteiger partial charge in [-0.15, -0.1) is 0 Å². The fourth-order valence-corrected chi connectivity index (χ4v) is 2.65. The predicted molar refractivity (Wildman–Crippen MR) is 77.7 cm³/mol. The molecule has 0 radical (unpaired) electrons. The van der Waals surface area contributed by atoms with Gasteiger partial charge in [-0.05, 0) is 25.3 Å². The van der Waals surface area contributed by atoms with Gasteiger partial charge in [0.05, 0.1) is 5.92 Å². The van der Waals surface area contributed by atoms with Gasteiger partial charge in [0, 0.05) is 19.7 Å². The highest BCUT2D eigenvalue weighted by Gasteiger charge is 2.32. The van der Waals surface area contributed by atoms with Gasteiger partial charge >= 0.3 is 5.97 Å². The molecule has 1 amide bonds. The quantitative estimate of drug-likeness (QED) is 0.902. The van der Waals surface area contributed by atoms with Crippen LogP contribution in [0.15, 0.2) is 30.3 Å². The number of amides is 1. The summed E-state index contributed by atoms with van der Waals surface area (Å²) < 4.78 is 5.60. The van der Waals surface area contributed by atoms with E-state index in [-0.39, 0.29) is 12.5 Å². The Hall–Kier alpha value is -1.88. The minimum atomic E-state index is -0.833. The van der Waals surface area contributed by atoms with Crippen molar-refractivity contribution in [2.24, 2.45) is 5.92 Å². The molecule has 0 spiro atoms. The summed E-state index contributed by atoms with van der Waals surface area (Å²) in [6.45, 7) is 3.14. The van der Waals surface area contributed by atoms with Crippen LogP contribution >= 0.6 is 0 Å². The van der Waals surface area contributed by atoms with Gasteiger partial charge in [0.25, 0.3) is 5.91 Å². The number of carboxylic acids is 1. The summed E-state index contributed by atoms with van der Waals surface area (Å²) in [5, 5.41) is 9.13. The fraction of sp³-hybridized carbons (Fsp3) is 0.500. The van der Waals surface area contributed by atoms with Gasteiger partial charge in [0.2, 0.25) is 0 Å². The van der Waals surface area contributed by atoms with E-state index < -0.39 is 18.0 Å². The van der Waals surface area contributed by atoms with Crippen LogP contribution in [0.4, 0.5) is 0 Å². The predicted octanol–water partition coefficient (Wildman–Crippen LogP) is 2.09. The molecule has 2 atom stereocenters. The molecular formula is C16H21NO4. The first kappa shape index (κ1) is 15.5. The van der Waals surface area contributed by atoms with Crippen LogP contribution < -0.4 is 0 Å². The smallest absolute Gasteiger partial charge is 0.308 e. The summed E-state index contributed by atoms with van der Waals surface area (Å²) in [5.74, 6) is -1.45. The van der Waals surface area contributed by atoms with Gasteiger partial charge in [0.1, 0.15) is 0 Å². The SMILES string of the molecule is CCOC(C(=O)N1CCCC(C(=O)O)C1)c1ccccc1. The summed E-state index contributed by atoms with van der Waals surface area (Å²) in [6, 6.07) is 9.34. The zero-order chi connectivity index (χ0) is 15.2. The first-order chi connectivity index (χ1) is 10.1. The molecule has 114 valence electrons. The maximum Gasteiger partial charge on any atom is 0.308 e. The highest BCUT2D eigenvalue weighted by Crippen LogP contribution is 2.24. The largest absolute Gasteiger partial charge is 0.481 e. The number of piperidine rings is 1. The monoisotopic (exact) mass is 291 g/mol. The van der Waals surface area contributed by atoms with E-state index in [1.165, 1.54) is 0 Å². The van der Waals surface area contributed by atoms with E-state index >= 15 is 0 Å². The number of hydrogen-bond donors (Lipinski definition) is 1. The highest BCUT2D eigenvalue weighted by atomic mass is 16.5. The van der Waals surface area contributed by atoms with Gasteiger partial charge < -0.3 is 14.7 Å². The molecule has 2 unspecified atom stereocenters. The molecule has 0 aliphatic carbocycles. The summed E-state index contributed by atoms with van der Waals surface area (Å²) >= 11 is 0. The number of carbonyl (C=O) groups excluding carboxylic acids is 1. The Morgan fingerprint density at radius 3 is 2.71 bits per heavy atom. The third kappa shape index (κ3) is 3.82. The van der Waals surface area contributed by atoms with Crippen molar-refractivity contribution in [3.05, 3.63) is 35.9 Å². The second-order valence-corrected chi connectivity index (χ2v) is 5.21. The number of carboxylic acid groups (broad SMARTS) is 1. The molecule has 1 aromatic rings. The molecule has 1 aliphatic rings. The Morgan fingerprint density at radius 2 is 2.10 bits per heavy atom. The highest BCUT2D eigenvalue weighted by molar-refractivity contribution is 5.83. The molecule has 0 saturated carbocycles. The number of aliphatic carboxylic acids is 1. The van der Waals surface area contributed by atoms with Gasteiger partial charge in [-0.3, -0.25) is 9.59 Å². The maximum atomic E-state index is 12.7. The summed E-state index contributed by atoms with van der Waals surface area (Å²) in [6.07, 6.45) is 0.698. The lowest BCUT2D eigenvalue weighted by Gasteiger charge is -2.33. The molecule has 5 heteroatoms. The number of carbonyl (C=O) groups is 2.